The smallest absolute Gasteiger partial charge is 0.333 e. The van der Waals surface area contributed by atoms with E-state index in [-0.39, 0.29) is 17.0 Å². The van der Waals surface area contributed by atoms with Gasteiger partial charge in [-0.05, 0) is 53.4 Å². The van der Waals surface area contributed by atoms with Crippen LogP contribution in [0.15, 0.2) is 12.2 Å². The lowest BCUT2D eigenvalue weighted by atomic mass is 9.76. The van der Waals surface area contributed by atoms with Crippen LogP contribution >= 0.6 is 0 Å². The van der Waals surface area contributed by atoms with Crippen molar-refractivity contribution in [1.82, 2.24) is 5.32 Å². The number of carbonyl (C=O) groups is 1. The molecule has 1 heterocycles. The molecule has 1 rings (SSSR count). The highest BCUT2D eigenvalue weighted by Crippen LogP contribution is 2.32. The summed E-state index contributed by atoms with van der Waals surface area (Å²) in [6.07, 6.45) is 2.06. The number of piperidine rings is 1. The van der Waals surface area contributed by atoms with Crippen LogP contribution in [0, 0.1) is 5.92 Å². The summed E-state index contributed by atoms with van der Waals surface area (Å²) in [7, 11) is 0. The summed E-state index contributed by atoms with van der Waals surface area (Å²) in [5.74, 6) is 0.142. The molecule has 0 aromatic carbocycles. The Morgan fingerprint density at radius 2 is 1.76 bits per heavy atom. The summed E-state index contributed by atoms with van der Waals surface area (Å²) < 4.78 is 5.26. The van der Waals surface area contributed by atoms with Gasteiger partial charge in [0, 0.05) is 16.7 Å². The van der Waals surface area contributed by atoms with Crippen molar-refractivity contribution in [2.24, 2.45) is 5.92 Å². The third-order valence-corrected chi connectivity index (χ3v) is 3.07. The Labute approximate surface area is 105 Å². The van der Waals surface area contributed by atoms with Crippen molar-refractivity contribution in [1.29, 1.82) is 0 Å². The van der Waals surface area contributed by atoms with E-state index in [1.54, 1.807) is 6.92 Å². The maximum atomic E-state index is 11.4. The molecule has 0 aromatic heterocycles. The summed E-state index contributed by atoms with van der Waals surface area (Å²) in [6.45, 7) is 14.6. The number of carbonyl (C=O) groups excluding carboxylic acids is 1. The summed E-state index contributed by atoms with van der Waals surface area (Å²) in [5, 5.41) is 3.61. The van der Waals surface area contributed by atoms with Crippen LogP contribution in [0.2, 0.25) is 0 Å². The second kappa shape index (κ2) is 4.81. The lowest BCUT2D eigenvalue weighted by Crippen LogP contribution is -2.58. The molecule has 0 amide bonds. The number of rotatable bonds is 3. The van der Waals surface area contributed by atoms with E-state index >= 15 is 0 Å². The average Bonchev–Trinajstić information content (AvgIpc) is 2.08. The number of esters is 1. The van der Waals surface area contributed by atoms with Crippen LogP contribution in [0.4, 0.5) is 0 Å². The van der Waals surface area contributed by atoms with E-state index in [4.69, 9.17) is 4.74 Å². The molecule has 0 radical (unpaired) electrons. The maximum Gasteiger partial charge on any atom is 0.333 e. The Kier molecular flexibility index (Phi) is 4.03. The van der Waals surface area contributed by atoms with E-state index in [0.29, 0.717) is 18.1 Å². The lowest BCUT2D eigenvalue weighted by molar-refractivity contribution is -0.141. The van der Waals surface area contributed by atoms with Crippen molar-refractivity contribution in [2.75, 3.05) is 6.61 Å². The van der Waals surface area contributed by atoms with Crippen molar-refractivity contribution in [3.63, 3.8) is 0 Å². The van der Waals surface area contributed by atoms with Gasteiger partial charge >= 0.3 is 5.97 Å². The van der Waals surface area contributed by atoms with Gasteiger partial charge in [-0.3, -0.25) is 0 Å². The monoisotopic (exact) mass is 239 g/mol. The first-order chi connectivity index (χ1) is 7.61. The van der Waals surface area contributed by atoms with Crippen LogP contribution < -0.4 is 5.32 Å². The molecule has 0 spiro atoms. The number of ether oxygens (including phenoxy) is 1. The Hall–Kier alpha value is -0.830. The minimum Gasteiger partial charge on any atom is -0.462 e. The van der Waals surface area contributed by atoms with E-state index in [1.807, 2.05) is 0 Å². The molecule has 1 N–H and O–H groups in total. The van der Waals surface area contributed by atoms with Gasteiger partial charge in [-0.25, -0.2) is 4.79 Å². The highest BCUT2D eigenvalue weighted by molar-refractivity contribution is 5.86. The van der Waals surface area contributed by atoms with Crippen molar-refractivity contribution >= 4 is 5.97 Å². The summed E-state index contributed by atoms with van der Waals surface area (Å²) in [6, 6.07) is 0. The minimum absolute atomic E-state index is 0.0993. The van der Waals surface area contributed by atoms with Crippen LogP contribution in [0.1, 0.15) is 47.5 Å². The fourth-order valence-corrected chi connectivity index (χ4v) is 2.97. The fourth-order valence-electron chi connectivity index (χ4n) is 2.97. The number of hydrogen-bond acceptors (Lipinski definition) is 3. The second-order valence-corrected chi connectivity index (χ2v) is 6.55. The third-order valence-electron chi connectivity index (χ3n) is 3.07. The molecule has 3 heteroatoms. The predicted molar refractivity (Wildman–Crippen MR) is 69.8 cm³/mol. The van der Waals surface area contributed by atoms with Crippen LogP contribution in [-0.2, 0) is 9.53 Å². The molecule has 1 aliphatic rings. The van der Waals surface area contributed by atoms with Gasteiger partial charge in [-0.15, -0.1) is 0 Å². The molecule has 1 fully saturated rings. The quantitative estimate of drug-likeness (QED) is 0.608. The van der Waals surface area contributed by atoms with Gasteiger partial charge in [0.1, 0.15) is 0 Å². The zero-order valence-electron chi connectivity index (χ0n) is 11.7. The van der Waals surface area contributed by atoms with Gasteiger partial charge in [0.25, 0.3) is 0 Å². The standard InChI is InChI=1S/C14H25NO2/c1-10(2)12(16)17-9-11-7-13(3,4)15-14(5,6)8-11/h11,15H,1,7-9H2,2-6H3. The second-order valence-electron chi connectivity index (χ2n) is 6.55. The maximum absolute atomic E-state index is 11.4. The van der Waals surface area contributed by atoms with Gasteiger partial charge in [-0.1, -0.05) is 6.58 Å². The lowest BCUT2D eigenvalue weighted by Gasteiger charge is -2.46. The molecule has 17 heavy (non-hydrogen) atoms. The highest BCUT2D eigenvalue weighted by Gasteiger charge is 2.37. The van der Waals surface area contributed by atoms with Crippen LogP contribution in [0.25, 0.3) is 0 Å². The topological polar surface area (TPSA) is 38.3 Å². The normalized spacial score (nSPS) is 23.1. The van der Waals surface area contributed by atoms with Gasteiger partial charge < -0.3 is 10.1 Å². The molecule has 0 saturated carbocycles. The van der Waals surface area contributed by atoms with Crippen LogP contribution in [0.5, 0.6) is 0 Å². The minimum atomic E-state index is -0.279. The summed E-state index contributed by atoms with van der Waals surface area (Å²) in [5.41, 5.74) is 0.668. The van der Waals surface area contributed by atoms with Gasteiger partial charge in [0.2, 0.25) is 0 Å². The predicted octanol–water partition coefficient (Wildman–Crippen LogP) is 2.66. The largest absolute Gasteiger partial charge is 0.462 e. The highest BCUT2D eigenvalue weighted by atomic mass is 16.5. The van der Waals surface area contributed by atoms with Crippen molar-refractivity contribution in [2.45, 2.75) is 58.5 Å². The van der Waals surface area contributed by atoms with Crippen LogP contribution in [-0.4, -0.2) is 23.7 Å². The third kappa shape index (κ3) is 4.50. The molecule has 0 atom stereocenters. The van der Waals surface area contributed by atoms with Gasteiger partial charge in [0.05, 0.1) is 6.61 Å². The van der Waals surface area contributed by atoms with Crippen molar-refractivity contribution < 1.29 is 9.53 Å². The molecular formula is C14H25NO2. The van der Waals surface area contributed by atoms with E-state index in [9.17, 15) is 4.79 Å². The zero-order chi connectivity index (χ0) is 13.3. The zero-order valence-corrected chi connectivity index (χ0v) is 11.7. The molecule has 1 aliphatic heterocycles. The van der Waals surface area contributed by atoms with Gasteiger partial charge in [-0.2, -0.15) is 0 Å². The first kappa shape index (κ1) is 14.2. The Bertz CT molecular complexity index is 302. The molecule has 3 nitrogen and oxygen atoms in total. The van der Waals surface area contributed by atoms with Crippen LogP contribution in [0.3, 0.4) is 0 Å². The Morgan fingerprint density at radius 1 is 1.29 bits per heavy atom. The summed E-state index contributed by atoms with van der Waals surface area (Å²) >= 11 is 0. The first-order valence-electron chi connectivity index (χ1n) is 6.23. The van der Waals surface area contributed by atoms with Crippen molar-refractivity contribution in [3.8, 4) is 0 Å². The number of hydrogen-bond donors (Lipinski definition) is 1. The van der Waals surface area contributed by atoms with Gasteiger partial charge in [0.15, 0.2) is 0 Å². The van der Waals surface area contributed by atoms with E-state index in [1.165, 1.54) is 0 Å². The molecule has 0 bridgehead atoms. The van der Waals surface area contributed by atoms with E-state index < -0.39 is 0 Å². The Morgan fingerprint density at radius 3 is 2.18 bits per heavy atom. The van der Waals surface area contributed by atoms with E-state index in [0.717, 1.165) is 12.8 Å². The Balaban J connectivity index is 2.54. The van der Waals surface area contributed by atoms with Crippen molar-refractivity contribution in [3.05, 3.63) is 12.2 Å². The number of nitrogens with one attached hydrogen (secondary N) is 1. The van der Waals surface area contributed by atoms with E-state index in [2.05, 4.69) is 39.6 Å². The molecule has 0 aromatic rings. The summed E-state index contributed by atoms with van der Waals surface area (Å²) in [4.78, 5) is 11.4. The average molecular weight is 239 g/mol. The molecular weight excluding hydrogens is 214 g/mol. The molecule has 1 saturated heterocycles. The first-order valence-corrected chi connectivity index (χ1v) is 6.23. The molecule has 0 unspecified atom stereocenters. The molecule has 0 aliphatic carbocycles. The molecule has 98 valence electrons. The fraction of sp³-hybridized carbons (Fsp3) is 0.786. The SMILES string of the molecule is C=C(C)C(=O)OCC1CC(C)(C)NC(C)(C)C1.